The Labute approximate surface area is 121 Å². The van der Waals surface area contributed by atoms with Gasteiger partial charge >= 0.3 is 0 Å². The van der Waals surface area contributed by atoms with E-state index in [2.05, 4.69) is 22.3 Å². The Kier molecular flexibility index (Phi) is 5.56. The molecule has 20 heavy (non-hydrogen) atoms. The van der Waals surface area contributed by atoms with Gasteiger partial charge in [-0.1, -0.05) is 12.1 Å². The number of rotatable bonds is 5. The van der Waals surface area contributed by atoms with E-state index in [-0.39, 0.29) is 5.91 Å². The number of hydrogen-bond acceptors (Lipinski definition) is 3. The summed E-state index contributed by atoms with van der Waals surface area (Å²) in [5.74, 6) is 0.128. The average molecular weight is 275 g/mol. The monoisotopic (exact) mass is 275 g/mol. The highest BCUT2D eigenvalue weighted by atomic mass is 16.2. The number of piperazine rings is 1. The van der Waals surface area contributed by atoms with Gasteiger partial charge in [-0.15, -0.1) is 0 Å². The van der Waals surface area contributed by atoms with E-state index in [1.54, 1.807) is 0 Å². The third-order valence-electron chi connectivity index (χ3n) is 3.87. The fourth-order valence-electron chi connectivity index (χ4n) is 2.57. The van der Waals surface area contributed by atoms with Crippen LogP contribution in [0.4, 0.5) is 0 Å². The summed E-state index contributed by atoms with van der Waals surface area (Å²) in [7, 11) is 0. The lowest BCUT2D eigenvalue weighted by Crippen LogP contribution is -2.42. The second-order valence-corrected chi connectivity index (χ2v) is 5.20. The highest BCUT2D eigenvalue weighted by Gasteiger charge is 2.13. The minimum absolute atomic E-state index is 0.128. The van der Waals surface area contributed by atoms with E-state index in [1.165, 1.54) is 5.56 Å². The molecule has 0 saturated carbocycles. The fraction of sp³-hybridized carbons (Fsp3) is 0.562. The van der Waals surface area contributed by atoms with Crippen LogP contribution in [0.5, 0.6) is 0 Å². The molecule has 1 fully saturated rings. The number of nitrogens with zero attached hydrogens (tertiary/aromatic N) is 2. The highest BCUT2D eigenvalue weighted by molar-refractivity contribution is 5.94. The van der Waals surface area contributed by atoms with Crippen molar-refractivity contribution in [3.63, 3.8) is 0 Å². The second kappa shape index (κ2) is 7.41. The fourth-order valence-corrected chi connectivity index (χ4v) is 2.57. The smallest absolute Gasteiger partial charge is 0.253 e. The zero-order chi connectivity index (χ0) is 14.4. The van der Waals surface area contributed by atoms with E-state index in [0.717, 1.165) is 51.4 Å². The quantitative estimate of drug-likeness (QED) is 0.886. The topological polar surface area (TPSA) is 35.6 Å². The van der Waals surface area contributed by atoms with Gasteiger partial charge < -0.3 is 10.2 Å². The van der Waals surface area contributed by atoms with Crippen LogP contribution in [0.3, 0.4) is 0 Å². The molecule has 1 N–H and O–H groups in total. The normalized spacial score (nSPS) is 16.1. The summed E-state index contributed by atoms with van der Waals surface area (Å²) in [5.41, 5.74) is 2.07. The van der Waals surface area contributed by atoms with Crippen LogP contribution in [0, 0.1) is 0 Å². The molecule has 1 aliphatic heterocycles. The molecular formula is C16H25N3O. The Balaban J connectivity index is 1.96. The Morgan fingerprint density at radius 1 is 1.15 bits per heavy atom. The van der Waals surface area contributed by atoms with Gasteiger partial charge in [0.15, 0.2) is 0 Å². The van der Waals surface area contributed by atoms with Crippen LogP contribution in [0.15, 0.2) is 24.3 Å². The summed E-state index contributed by atoms with van der Waals surface area (Å²) in [4.78, 5) is 16.5. The highest BCUT2D eigenvalue weighted by Crippen LogP contribution is 2.10. The van der Waals surface area contributed by atoms with Gasteiger partial charge in [-0.05, 0) is 31.5 Å². The first-order valence-electron chi connectivity index (χ1n) is 7.56. The Bertz CT molecular complexity index is 420. The molecule has 1 heterocycles. The van der Waals surface area contributed by atoms with Crippen LogP contribution in [0.2, 0.25) is 0 Å². The summed E-state index contributed by atoms with van der Waals surface area (Å²) < 4.78 is 0. The Morgan fingerprint density at radius 2 is 1.75 bits per heavy atom. The molecule has 0 atom stereocenters. The Morgan fingerprint density at radius 3 is 2.30 bits per heavy atom. The Hall–Kier alpha value is -1.39. The van der Waals surface area contributed by atoms with Gasteiger partial charge in [-0.2, -0.15) is 0 Å². The SMILES string of the molecule is CCN(CC)C(=O)c1ccc(CN2CCNCC2)cc1. The van der Waals surface area contributed by atoms with Crippen LogP contribution in [-0.2, 0) is 6.54 Å². The first-order chi connectivity index (χ1) is 9.74. The zero-order valence-electron chi connectivity index (χ0n) is 12.6. The minimum atomic E-state index is 0.128. The number of amides is 1. The van der Waals surface area contributed by atoms with Gasteiger partial charge in [-0.25, -0.2) is 0 Å². The van der Waals surface area contributed by atoms with E-state index in [4.69, 9.17) is 0 Å². The number of nitrogens with one attached hydrogen (secondary N) is 1. The maximum absolute atomic E-state index is 12.2. The predicted molar refractivity (Wildman–Crippen MR) is 81.8 cm³/mol. The summed E-state index contributed by atoms with van der Waals surface area (Å²) in [6.45, 7) is 10.9. The number of benzene rings is 1. The molecule has 1 saturated heterocycles. The zero-order valence-corrected chi connectivity index (χ0v) is 12.6. The van der Waals surface area contributed by atoms with E-state index < -0.39 is 0 Å². The largest absolute Gasteiger partial charge is 0.339 e. The van der Waals surface area contributed by atoms with E-state index in [1.807, 2.05) is 30.9 Å². The van der Waals surface area contributed by atoms with E-state index >= 15 is 0 Å². The molecular weight excluding hydrogens is 250 g/mol. The first kappa shape index (κ1) is 15.0. The third-order valence-corrected chi connectivity index (χ3v) is 3.87. The molecule has 110 valence electrons. The first-order valence-corrected chi connectivity index (χ1v) is 7.56. The molecule has 1 aromatic carbocycles. The second-order valence-electron chi connectivity index (χ2n) is 5.20. The molecule has 0 spiro atoms. The van der Waals surface area contributed by atoms with E-state index in [9.17, 15) is 4.79 Å². The molecule has 0 bridgehead atoms. The lowest BCUT2D eigenvalue weighted by Gasteiger charge is -2.27. The van der Waals surface area contributed by atoms with Gasteiger partial charge in [0, 0.05) is 51.4 Å². The van der Waals surface area contributed by atoms with Gasteiger partial charge in [0.1, 0.15) is 0 Å². The minimum Gasteiger partial charge on any atom is -0.339 e. The van der Waals surface area contributed by atoms with Gasteiger partial charge in [0.25, 0.3) is 5.91 Å². The van der Waals surface area contributed by atoms with Crippen molar-refractivity contribution in [1.29, 1.82) is 0 Å². The molecule has 4 nitrogen and oxygen atoms in total. The lowest BCUT2D eigenvalue weighted by atomic mass is 10.1. The lowest BCUT2D eigenvalue weighted by molar-refractivity contribution is 0.0773. The van der Waals surface area contributed by atoms with Crippen molar-refractivity contribution in [1.82, 2.24) is 15.1 Å². The van der Waals surface area contributed by atoms with Gasteiger partial charge in [0.05, 0.1) is 0 Å². The van der Waals surface area contributed by atoms with Crippen LogP contribution in [0.1, 0.15) is 29.8 Å². The van der Waals surface area contributed by atoms with E-state index in [0.29, 0.717) is 0 Å². The molecule has 1 amide bonds. The molecule has 1 aliphatic rings. The molecule has 0 aromatic heterocycles. The molecule has 0 aliphatic carbocycles. The summed E-state index contributed by atoms with van der Waals surface area (Å²) in [6, 6.07) is 8.08. The predicted octanol–water partition coefficient (Wildman–Crippen LogP) is 1.57. The van der Waals surface area contributed by atoms with Crippen LogP contribution >= 0.6 is 0 Å². The number of carbonyl (C=O) groups excluding carboxylic acids is 1. The average Bonchev–Trinajstić information content (AvgIpc) is 2.50. The molecule has 1 aromatic rings. The number of carbonyl (C=O) groups is 1. The molecule has 0 radical (unpaired) electrons. The van der Waals surface area contributed by atoms with Crippen molar-refractivity contribution in [2.24, 2.45) is 0 Å². The standard InChI is InChI=1S/C16H25N3O/c1-3-19(4-2)16(20)15-7-5-14(6-8-15)13-18-11-9-17-10-12-18/h5-8,17H,3-4,9-13H2,1-2H3. The van der Waals surface area contributed by atoms with Crippen LogP contribution < -0.4 is 5.32 Å². The number of hydrogen-bond donors (Lipinski definition) is 1. The summed E-state index contributed by atoms with van der Waals surface area (Å²) in [6.07, 6.45) is 0. The molecule has 4 heteroatoms. The van der Waals surface area contributed by atoms with Crippen molar-refractivity contribution in [2.75, 3.05) is 39.3 Å². The van der Waals surface area contributed by atoms with Crippen molar-refractivity contribution in [2.45, 2.75) is 20.4 Å². The maximum Gasteiger partial charge on any atom is 0.253 e. The third kappa shape index (κ3) is 3.81. The van der Waals surface area contributed by atoms with Crippen LogP contribution in [-0.4, -0.2) is 55.0 Å². The van der Waals surface area contributed by atoms with Crippen LogP contribution in [0.25, 0.3) is 0 Å². The van der Waals surface area contributed by atoms with Crippen molar-refractivity contribution in [3.8, 4) is 0 Å². The molecule has 2 rings (SSSR count). The maximum atomic E-state index is 12.2. The van der Waals surface area contributed by atoms with Gasteiger partial charge in [0.2, 0.25) is 0 Å². The van der Waals surface area contributed by atoms with Crippen molar-refractivity contribution in [3.05, 3.63) is 35.4 Å². The van der Waals surface area contributed by atoms with Crippen molar-refractivity contribution < 1.29 is 4.79 Å². The summed E-state index contributed by atoms with van der Waals surface area (Å²) >= 11 is 0. The van der Waals surface area contributed by atoms with Gasteiger partial charge in [-0.3, -0.25) is 9.69 Å². The van der Waals surface area contributed by atoms with Crippen molar-refractivity contribution >= 4 is 5.91 Å². The molecule has 0 unspecified atom stereocenters. The summed E-state index contributed by atoms with van der Waals surface area (Å²) in [5, 5.41) is 3.36.